The number of hydrogen-bond acceptors (Lipinski definition) is 4. The summed E-state index contributed by atoms with van der Waals surface area (Å²) in [6.07, 6.45) is 1.19. The summed E-state index contributed by atoms with van der Waals surface area (Å²) >= 11 is 6.09. The lowest BCUT2D eigenvalue weighted by Gasteiger charge is -2.26. The fourth-order valence-electron chi connectivity index (χ4n) is 3.56. The van der Waals surface area contributed by atoms with E-state index < -0.39 is 0 Å². The van der Waals surface area contributed by atoms with E-state index >= 15 is 0 Å². The van der Waals surface area contributed by atoms with Gasteiger partial charge in [-0.2, -0.15) is 0 Å². The highest BCUT2D eigenvalue weighted by atomic mass is 35.5. The molecule has 0 bridgehead atoms. The van der Waals surface area contributed by atoms with Crippen LogP contribution in [0, 0.1) is 0 Å². The summed E-state index contributed by atoms with van der Waals surface area (Å²) in [5, 5.41) is 3.93. The molecule has 0 aromatic heterocycles. The van der Waals surface area contributed by atoms with Crippen LogP contribution in [-0.2, 0) is 6.54 Å². The number of anilines is 1. The molecule has 1 saturated heterocycles. The number of rotatable bonds is 6. The zero-order chi connectivity index (χ0) is 19.2. The lowest BCUT2D eigenvalue weighted by molar-refractivity contribution is 0.238. The maximum Gasteiger partial charge on any atom is 0.132 e. The Morgan fingerprint density at radius 3 is 2.67 bits per heavy atom. The Labute approximate surface area is 168 Å². The van der Waals surface area contributed by atoms with Gasteiger partial charge in [0.05, 0.1) is 0 Å². The van der Waals surface area contributed by atoms with Crippen LogP contribution in [0.2, 0.25) is 5.02 Å². The minimum absolute atomic E-state index is 0.610. The van der Waals surface area contributed by atoms with Crippen LogP contribution in [0.25, 0.3) is 0 Å². The van der Waals surface area contributed by atoms with E-state index in [0.29, 0.717) is 11.1 Å². The van der Waals surface area contributed by atoms with E-state index in [1.165, 1.54) is 18.7 Å². The van der Waals surface area contributed by atoms with Crippen LogP contribution in [0.5, 0.6) is 11.5 Å². The first-order valence-corrected chi connectivity index (χ1v) is 10.1. The summed E-state index contributed by atoms with van der Waals surface area (Å²) in [6, 6.07) is 14.6. The van der Waals surface area contributed by atoms with Crippen LogP contribution in [0.15, 0.2) is 42.5 Å². The largest absolute Gasteiger partial charge is 0.457 e. The molecule has 3 rings (SSSR count). The number of hydrogen-bond donors (Lipinski definition) is 1. The highest BCUT2D eigenvalue weighted by Gasteiger charge is 2.18. The first-order chi connectivity index (χ1) is 13.1. The molecule has 0 unspecified atom stereocenters. The number of nitrogens with one attached hydrogen (secondary N) is 1. The third kappa shape index (κ3) is 5.38. The monoisotopic (exact) mass is 387 g/mol. The van der Waals surface area contributed by atoms with E-state index in [2.05, 4.69) is 47.2 Å². The quantitative estimate of drug-likeness (QED) is 0.772. The van der Waals surface area contributed by atoms with E-state index in [1.807, 2.05) is 31.3 Å². The van der Waals surface area contributed by atoms with Crippen molar-refractivity contribution in [3.63, 3.8) is 0 Å². The van der Waals surface area contributed by atoms with E-state index in [4.69, 9.17) is 16.3 Å². The Kier molecular flexibility index (Phi) is 7.00. The minimum Gasteiger partial charge on any atom is -0.457 e. The Hall–Kier alpha value is -1.75. The molecule has 1 aliphatic rings. The number of nitrogens with zero attached hydrogens (tertiary/aromatic N) is 2. The van der Waals surface area contributed by atoms with Crippen molar-refractivity contribution in [1.82, 2.24) is 10.2 Å². The Morgan fingerprint density at radius 1 is 1.07 bits per heavy atom. The normalized spacial score (nSPS) is 15.8. The summed E-state index contributed by atoms with van der Waals surface area (Å²) in [7, 11) is 1.96. The van der Waals surface area contributed by atoms with Gasteiger partial charge in [-0.3, -0.25) is 4.90 Å². The average molecular weight is 388 g/mol. The summed E-state index contributed by atoms with van der Waals surface area (Å²) in [5.74, 6) is 1.63. The molecule has 1 heterocycles. The zero-order valence-electron chi connectivity index (χ0n) is 16.5. The molecule has 1 N–H and O–H groups in total. The molecule has 5 heteroatoms. The summed E-state index contributed by atoms with van der Waals surface area (Å²) in [6.45, 7) is 9.76. The van der Waals surface area contributed by atoms with E-state index in [-0.39, 0.29) is 0 Å². The molecule has 0 spiro atoms. The van der Waals surface area contributed by atoms with Gasteiger partial charge in [0.15, 0.2) is 0 Å². The van der Waals surface area contributed by atoms with Crippen molar-refractivity contribution in [1.29, 1.82) is 0 Å². The smallest absolute Gasteiger partial charge is 0.132 e. The average Bonchev–Trinajstić information content (AvgIpc) is 2.90. The van der Waals surface area contributed by atoms with Gasteiger partial charge in [0.1, 0.15) is 11.5 Å². The fourth-order valence-corrected chi connectivity index (χ4v) is 3.74. The maximum atomic E-state index is 6.11. The van der Waals surface area contributed by atoms with Gasteiger partial charge in [-0.15, -0.1) is 0 Å². The van der Waals surface area contributed by atoms with Gasteiger partial charge in [-0.25, -0.2) is 0 Å². The van der Waals surface area contributed by atoms with Crippen molar-refractivity contribution < 1.29 is 4.74 Å². The van der Waals surface area contributed by atoms with Crippen molar-refractivity contribution in [2.45, 2.75) is 32.9 Å². The van der Waals surface area contributed by atoms with Gasteiger partial charge < -0.3 is 15.0 Å². The molecule has 0 amide bonds. The molecule has 2 aromatic rings. The molecule has 0 atom stereocenters. The van der Waals surface area contributed by atoms with Gasteiger partial charge in [0.2, 0.25) is 0 Å². The van der Waals surface area contributed by atoms with Crippen LogP contribution in [0.3, 0.4) is 0 Å². The molecule has 2 aromatic carbocycles. The third-order valence-corrected chi connectivity index (χ3v) is 5.30. The fraction of sp³-hybridized carbons (Fsp3) is 0.455. The predicted molar refractivity (Wildman–Crippen MR) is 114 cm³/mol. The highest BCUT2D eigenvalue weighted by Crippen LogP contribution is 2.31. The number of benzene rings is 2. The maximum absolute atomic E-state index is 6.11. The molecule has 0 radical (unpaired) electrons. The molecular formula is C22H30ClN3O. The van der Waals surface area contributed by atoms with E-state index in [1.54, 1.807) is 0 Å². The minimum atomic E-state index is 0.610. The second-order valence-corrected chi connectivity index (χ2v) is 7.79. The van der Waals surface area contributed by atoms with E-state index in [9.17, 15) is 0 Å². The molecular weight excluding hydrogens is 358 g/mol. The molecule has 1 fully saturated rings. The molecule has 146 valence electrons. The van der Waals surface area contributed by atoms with Crippen molar-refractivity contribution in [3.05, 3.63) is 53.1 Å². The van der Waals surface area contributed by atoms with Crippen LogP contribution < -0.4 is 15.0 Å². The van der Waals surface area contributed by atoms with Gasteiger partial charge in [0, 0.05) is 55.0 Å². The topological polar surface area (TPSA) is 27.7 Å². The Bertz CT molecular complexity index is 750. The summed E-state index contributed by atoms with van der Waals surface area (Å²) < 4.78 is 6.11. The Balaban J connectivity index is 1.78. The summed E-state index contributed by atoms with van der Waals surface area (Å²) in [5.41, 5.74) is 2.42. The lowest BCUT2D eigenvalue weighted by atomic mass is 10.1. The standard InChI is InChI=1S/C22H30ClN3O/c1-17(2)25-10-5-11-26(13-12-25)20-8-9-22(18(14-20)16-24-3)27-21-7-4-6-19(23)15-21/h4,6-9,14-15,17,24H,5,10-13,16H2,1-3H3. The second-order valence-electron chi connectivity index (χ2n) is 7.35. The zero-order valence-corrected chi connectivity index (χ0v) is 17.3. The molecule has 4 nitrogen and oxygen atoms in total. The van der Waals surface area contributed by atoms with Crippen molar-refractivity contribution in [2.24, 2.45) is 0 Å². The van der Waals surface area contributed by atoms with Gasteiger partial charge in [-0.05, 0) is 63.7 Å². The second kappa shape index (κ2) is 9.45. The van der Waals surface area contributed by atoms with Gasteiger partial charge >= 0.3 is 0 Å². The lowest BCUT2D eigenvalue weighted by Crippen LogP contribution is -2.35. The summed E-state index contributed by atoms with van der Waals surface area (Å²) in [4.78, 5) is 5.05. The molecule has 27 heavy (non-hydrogen) atoms. The Morgan fingerprint density at radius 2 is 1.93 bits per heavy atom. The van der Waals surface area contributed by atoms with Gasteiger partial charge in [0.25, 0.3) is 0 Å². The van der Waals surface area contributed by atoms with Crippen LogP contribution in [0.1, 0.15) is 25.8 Å². The van der Waals surface area contributed by atoms with Crippen molar-refractivity contribution >= 4 is 17.3 Å². The van der Waals surface area contributed by atoms with Crippen molar-refractivity contribution in [3.8, 4) is 11.5 Å². The van der Waals surface area contributed by atoms with Crippen LogP contribution >= 0.6 is 11.6 Å². The van der Waals surface area contributed by atoms with Crippen LogP contribution in [0.4, 0.5) is 5.69 Å². The van der Waals surface area contributed by atoms with Crippen LogP contribution in [-0.4, -0.2) is 44.2 Å². The van der Waals surface area contributed by atoms with E-state index in [0.717, 1.165) is 43.2 Å². The first kappa shape index (κ1) is 20.0. The number of halogens is 1. The molecule has 1 aliphatic heterocycles. The SMILES string of the molecule is CNCc1cc(N2CCCN(C(C)C)CC2)ccc1Oc1cccc(Cl)c1. The first-order valence-electron chi connectivity index (χ1n) is 9.77. The molecule has 0 aliphatic carbocycles. The number of ether oxygens (including phenoxy) is 1. The third-order valence-electron chi connectivity index (χ3n) is 5.06. The van der Waals surface area contributed by atoms with Gasteiger partial charge in [-0.1, -0.05) is 17.7 Å². The predicted octanol–water partition coefficient (Wildman–Crippen LogP) is 4.77. The molecule has 0 saturated carbocycles. The highest BCUT2D eigenvalue weighted by molar-refractivity contribution is 6.30. The van der Waals surface area contributed by atoms with Crippen molar-refractivity contribution in [2.75, 3.05) is 38.1 Å².